The summed E-state index contributed by atoms with van der Waals surface area (Å²) in [6.45, 7) is 6.68. The van der Waals surface area contributed by atoms with Crippen molar-refractivity contribution in [3.05, 3.63) is 69.8 Å². The summed E-state index contributed by atoms with van der Waals surface area (Å²) < 4.78 is 9.06. The minimum Gasteiger partial charge on any atom is -0.483 e. The molecule has 1 atom stereocenters. The Balaban J connectivity index is 1.36. The number of nitrogens with zero attached hydrogens (tertiary/aromatic N) is 4. The van der Waals surface area contributed by atoms with Crippen molar-refractivity contribution in [1.82, 2.24) is 19.7 Å². The topological polar surface area (TPSA) is 81.9 Å². The molecule has 4 aromatic rings. The molecule has 0 aliphatic rings. The first kappa shape index (κ1) is 24.4. The zero-order chi connectivity index (χ0) is 24.1. The number of hydrogen-bond acceptors (Lipinski definition) is 7. The van der Waals surface area contributed by atoms with Crippen LogP contribution in [0.3, 0.4) is 0 Å². The van der Waals surface area contributed by atoms with Gasteiger partial charge in [-0.2, -0.15) is 0 Å². The smallest absolute Gasteiger partial charge is 0.236 e. The number of rotatable bonds is 9. The first-order chi connectivity index (χ1) is 16.4. The van der Waals surface area contributed by atoms with Gasteiger partial charge < -0.3 is 14.6 Å². The van der Waals surface area contributed by atoms with E-state index in [4.69, 9.17) is 4.74 Å². The lowest BCUT2D eigenvalue weighted by molar-refractivity contribution is -0.113. The van der Waals surface area contributed by atoms with Crippen molar-refractivity contribution >= 4 is 50.1 Å². The fourth-order valence-electron chi connectivity index (χ4n) is 3.32. The van der Waals surface area contributed by atoms with Gasteiger partial charge in [0.1, 0.15) is 5.75 Å². The number of thiazole rings is 1. The third-order valence-corrected chi connectivity index (χ3v) is 7.20. The maximum absolute atomic E-state index is 12.5. The van der Waals surface area contributed by atoms with Gasteiger partial charge in [0, 0.05) is 22.0 Å². The van der Waals surface area contributed by atoms with Crippen LogP contribution in [0.5, 0.6) is 5.75 Å². The second-order valence-electron chi connectivity index (χ2n) is 7.54. The predicted octanol–water partition coefficient (Wildman–Crippen LogP) is 6.36. The monoisotopic (exact) mass is 557 g/mol. The van der Waals surface area contributed by atoms with E-state index in [1.54, 1.807) is 0 Å². The van der Waals surface area contributed by atoms with Crippen molar-refractivity contribution < 1.29 is 9.53 Å². The molecule has 1 N–H and O–H groups in total. The minimum atomic E-state index is -0.273. The van der Waals surface area contributed by atoms with Crippen LogP contribution in [-0.4, -0.2) is 31.4 Å². The Labute approximate surface area is 215 Å². The van der Waals surface area contributed by atoms with Gasteiger partial charge in [-0.3, -0.25) is 4.79 Å². The molecule has 2 aromatic heterocycles. The molecule has 10 heteroatoms. The number of aryl methyl sites for hydroxylation is 1. The van der Waals surface area contributed by atoms with Gasteiger partial charge in [0.2, 0.25) is 5.91 Å². The summed E-state index contributed by atoms with van der Waals surface area (Å²) in [6.07, 6.45) is -0.273. The van der Waals surface area contributed by atoms with Crippen LogP contribution < -0.4 is 10.1 Å². The molecule has 0 bridgehead atoms. The molecule has 2 heterocycles. The number of ether oxygens (including phenoxy) is 1. The zero-order valence-corrected chi connectivity index (χ0v) is 22.2. The van der Waals surface area contributed by atoms with Crippen LogP contribution >= 0.6 is 39.0 Å². The first-order valence-corrected chi connectivity index (χ1v) is 13.4. The van der Waals surface area contributed by atoms with Gasteiger partial charge in [0.15, 0.2) is 22.2 Å². The Morgan fingerprint density at radius 1 is 1.24 bits per heavy atom. The Bertz CT molecular complexity index is 1270. The molecule has 4 rings (SSSR count). The normalized spacial score (nSPS) is 11.9. The summed E-state index contributed by atoms with van der Waals surface area (Å²) in [5.41, 5.74) is 2.96. The standard InChI is InChI=1S/C24H24BrN5O2S2/c1-4-30-22(16(3)32-19-7-5-6-15(2)12-19)28-29-24(30)34-14-21(31)27-23-26-20(13-33-23)17-8-10-18(25)11-9-17/h5-13,16H,4,14H2,1-3H3,(H,26,27,31). The SMILES string of the molecule is CCn1c(SCC(=O)Nc2nc(-c3ccc(Br)cc3)cs2)nnc1C(C)Oc1cccc(C)c1. The van der Waals surface area contributed by atoms with Gasteiger partial charge >= 0.3 is 0 Å². The van der Waals surface area contributed by atoms with Gasteiger partial charge in [0.05, 0.1) is 11.4 Å². The van der Waals surface area contributed by atoms with Crippen molar-refractivity contribution in [2.75, 3.05) is 11.1 Å². The molecule has 0 saturated carbocycles. The lowest BCUT2D eigenvalue weighted by Crippen LogP contribution is -2.15. The first-order valence-electron chi connectivity index (χ1n) is 10.7. The highest BCUT2D eigenvalue weighted by Gasteiger charge is 2.20. The van der Waals surface area contributed by atoms with E-state index in [-0.39, 0.29) is 17.8 Å². The third kappa shape index (κ3) is 6.05. The largest absolute Gasteiger partial charge is 0.483 e. The van der Waals surface area contributed by atoms with E-state index >= 15 is 0 Å². The minimum absolute atomic E-state index is 0.141. The number of anilines is 1. The van der Waals surface area contributed by atoms with Crippen LogP contribution in [-0.2, 0) is 11.3 Å². The quantitative estimate of drug-likeness (QED) is 0.241. The zero-order valence-electron chi connectivity index (χ0n) is 19.0. The van der Waals surface area contributed by atoms with E-state index in [1.807, 2.05) is 79.2 Å². The number of thioether (sulfide) groups is 1. The molecule has 176 valence electrons. The second kappa shape index (κ2) is 11.2. The lowest BCUT2D eigenvalue weighted by Gasteiger charge is -2.15. The highest BCUT2D eigenvalue weighted by Crippen LogP contribution is 2.27. The number of benzene rings is 2. The average Bonchev–Trinajstić information content (AvgIpc) is 3.45. The molecule has 0 aliphatic heterocycles. The highest BCUT2D eigenvalue weighted by atomic mass is 79.9. The molecule has 0 saturated heterocycles. The summed E-state index contributed by atoms with van der Waals surface area (Å²) in [4.78, 5) is 17.1. The van der Waals surface area contributed by atoms with E-state index in [9.17, 15) is 4.79 Å². The highest BCUT2D eigenvalue weighted by molar-refractivity contribution is 9.10. The van der Waals surface area contributed by atoms with Crippen LogP contribution in [0.4, 0.5) is 5.13 Å². The molecular weight excluding hydrogens is 534 g/mol. The van der Waals surface area contributed by atoms with Crippen LogP contribution in [0.25, 0.3) is 11.3 Å². The van der Waals surface area contributed by atoms with Gasteiger partial charge in [-0.1, -0.05) is 52.0 Å². The fourth-order valence-corrected chi connectivity index (χ4v) is 5.13. The lowest BCUT2D eigenvalue weighted by atomic mass is 10.2. The Morgan fingerprint density at radius 2 is 2.03 bits per heavy atom. The molecule has 1 unspecified atom stereocenters. The molecule has 0 radical (unpaired) electrons. The predicted molar refractivity (Wildman–Crippen MR) is 141 cm³/mol. The number of halogens is 1. The summed E-state index contributed by atoms with van der Waals surface area (Å²) >= 11 is 6.18. The summed E-state index contributed by atoms with van der Waals surface area (Å²) in [5.74, 6) is 1.58. The van der Waals surface area contributed by atoms with Crippen molar-refractivity contribution in [3.63, 3.8) is 0 Å². The van der Waals surface area contributed by atoms with Crippen molar-refractivity contribution in [1.29, 1.82) is 0 Å². The Hall–Kier alpha value is -2.69. The molecule has 0 aliphatic carbocycles. The molecule has 2 aromatic carbocycles. The number of aromatic nitrogens is 4. The molecule has 0 fully saturated rings. The summed E-state index contributed by atoms with van der Waals surface area (Å²) in [5, 5.41) is 14.7. The van der Waals surface area contributed by atoms with E-state index in [0.717, 1.165) is 32.9 Å². The maximum Gasteiger partial charge on any atom is 0.236 e. The van der Waals surface area contributed by atoms with Crippen molar-refractivity contribution in [3.8, 4) is 17.0 Å². The molecule has 34 heavy (non-hydrogen) atoms. The van der Waals surface area contributed by atoms with Crippen LogP contribution in [0.1, 0.15) is 31.3 Å². The number of hydrogen-bond donors (Lipinski definition) is 1. The third-order valence-electron chi connectivity index (χ3n) is 4.95. The molecular formula is C24H24BrN5O2S2. The second-order valence-corrected chi connectivity index (χ2v) is 10.3. The van der Waals surface area contributed by atoms with E-state index in [1.165, 1.54) is 23.1 Å². The van der Waals surface area contributed by atoms with Gasteiger partial charge in [-0.05, 0) is 50.6 Å². The number of nitrogens with one attached hydrogen (secondary N) is 1. The van der Waals surface area contributed by atoms with Crippen molar-refractivity contribution in [2.45, 2.75) is 38.6 Å². The van der Waals surface area contributed by atoms with Crippen molar-refractivity contribution in [2.24, 2.45) is 0 Å². The fraction of sp³-hybridized carbons (Fsp3) is 0.250. The van der Waals surface area contributed by atoms with Gasteiger partial charge in [-0.25, -0.2) is 4.98 Å². The Kier molecular flexibility index (Phi) is 8.02. The van der Waals surface area contributed by atoms with Crippen LogP contribution in [0.2, 0.25) is 0 Å². The van der Waals surface area contributed by atoms with Gasteiger partial charge in [-0.15, -0.1) is 21.5 Å². The molecule has 0 spiro atoms. The number of carbonyl (C=O) groups excluding carboxylic acids is 1. The van der Waals surface area contributed by atoms with Gasteiger partial charge in [0.25, 0.3) is 0 Å². The van der Waals surface area contributed by atoms with E-state index in [2.05, 4.69) is 36.4 Å². The number of amides is 1. The Morgan fingerprint density at radius 3 is 2.76 bits per heavy atom. The molecule has 7 nitrogen and oxygen atoms in total. The summed E-state index contributed by atoms with van der Waals surface area (Å²) in [6, 6.07) is 15.8. The van der Waals surface area contributed by atoms with E-state index < -0.39 is 0 Å². The summed E-state index contributed by atoms with van der Waals surface area (Å²) in [7, 11) is 0. The molecule has 1 amide bonds. The number of carbonyl (C=O) groups is 1. The van der Waals surface area contributed by atoms with E-state index in [0.29, 0.717) is 16.8 Å². The average molecular weight is 559 g/mol. The van der Waals surface area contributed by atoms with Crippen LogP contribution in [0, 0.1) is 6.92 Å². The maximum atomic E-state index is 12.5. The van der Waals surface area contributed by atoms with Crippen LogP contribution in [0.15, 0.2) is 63.5 Å².